The van der Waals surface area contributed by atoms with Gasteiger partial charge < -0.3 is 19.5 Å². The summed E-state index contributed by atoms with van der Waals surface area (Å²) in [6.07, 6.45) is 1.17. The number of rotatable bonds is 7. The van der Waals surface area contributed by atoms with Crippen LogP contribution in [0, 0.1) is 0 Å². The monoisotopic (exact) mass is 486 g/mol. The maximum Gasteiger partial charge on any atom is 0.412 e. The molecular formula is C28H30N4O4. The molecule has 0 aliphatic rings. The zero-order chi connectivity index (χ0) is 25.7. The molecule has 0 saturated carbocycles. The molecule has 0 radical (unpaired) electrons. The Morgan fingerprint density at radius 2 is 1.64 bits per heavy atom. The van der Waals surface area contributed by atoms with Crippen LogP contribution in [-0.2, 0) is 11.3 Å². The quantitative estimate of drug-likeness (QED) is 0.318. The number of nitrogens with one attached hydrogen (secondary N) is 2. The average Bonchev–Trinajstić information content (AvgIpc) is 2.86. The van der Waals surface area contributed by atoms with Crippen LogP contribution in [0.2, 0.25) is 0 Å². The first-order chi connectivity index (χ1) is 17.2. The van der Waals surface area contributed by atoms with Crippen LogP contribution in [0.25, 0.3) is 22.0 Å². The molecule has 1 amide bonds. The molecule has 3 aromatic carbocycles. The maximum absolute atomic E-state index is 12.6. The van der Waals surface area contributed by atoms with Crippen molar-refractivity contribution in [1.82, 2.24) is 9.97 Å². The van der Waals surface area contributed by atoms with E-state index in [0.717, 1.165) is 27.6 Å². The summed E-state index contributed by atoms with van der Waals surface area (Å²) in [6, 6.07) is 19.2. The summed E-state index contributed by atoms with van der Waals surface area (Å²) in [4.78, 5) is 21.6. The number of hydrogen-bond donors (Lipinski definition) is 2. The summed E-state index contributed by atoms with van der Waals surface area (Å²) in [5.41, 5.74) is 2.60. The van der Waals surface area contributed by atoms with Crippen molar-refractivity contribution in [3.8, 4) is 22.8 Å². The predicted molar refractivity (Wildman–Crippen MR) is 142 cm³/mol. The van der Waals surface area contributed by atoms with Crippen molar-refractivity contribution >= 4 is 28.5 Å². The van der Waals surface area contributed by atoms with Gasteiger partial charge in [-0.2, -0.15) is 0 Å². The minimum absolute atomic E-state index is 0.500. The van der Waals surface area contributed by atoms with Gasteiger partial charge in [-0.15, -0.1) is 0 Å². The van der Waals surface area contributed by atoms with Crippen molar-refractivity contribution in [2.24, 2.45) is 0 Å². The summed E-state index contributed by atoms with van der Waals surface area (Å²) in [5, 5.41) is 7.90. The van der Waals surface area contributed by atoms with Crippen molar-refractivity contribution in [3.05, 3.63) is 72.4 Å². The molecule has 0 atom stereocenters. The number of anilines is 2. The Morgan fingerprint density at radius 3 is 2.33 bits per heavy atom. The van der Waals surface area contributed by atoms with E-state index in [1.807, 2.05) is 81.4 Å². The molecule has 4 aromatic rings. The minimum atomic E-state index is -0.619. The molecule has 36 heavy (non-hydrogen) atoms. The first-order valence-corrected chi connectivity index (χ1v) is 11.6. The van der Waals surface area contributed by atoms with Gasteiger partial charge in [0.1, 0.15) is 17.1 Å². The molecule has 0 aliphatic carbocycles. The third-order valence-electron chi connectivity index (χ3n) is 5.36. The van der Waals surface area contributed by atoms with Gasteiger partial charge in [-0.05, 0) is 74.2 Å². The van der Waals surface area contributed by atoms with Crippen LogP contribution in [0.15, 0.2) is 66.9 Å². The fraction of sp³-hybridized carbons (Fsp3) is 0.250. The van der Waals surface area contributed by atoms with E-state index in [1.165, 1.54) is 0 Å². The molecule has 8 nitrogen and oxygen atoms in total. The molecule has 0 aliphatic heterocycles. The fourth-order valence-corrected chi connectivity index (χ4v) is 3.66. The van der Waals surface area contributed by atoms with E-state index in [9.17, 15) is 4.79 Å². The summed E-state index contributed by atoms with van der Waals surface area (Å²) in [6.45, 7) is 6.04. The Labute approximate surface area is 210 Å². The molecule has 2 N–H and O–H groups in total. The fourth-order valence-electron chi connectivity index (χ4n) is 3.66. The van der Waals surface area contributed by atoms with E-state index >= 15 is 0 Å². The molecule has 4 rings (SSSR count). The Balaban J connectivity index is 1.64. The van der Waals surface area contributed by atoms with Gasteiger partial charge in [0.25, 0.3) is 0 Å². The Hall–Kier alpha value is -4.33. The van der Waals surface area contributed by atoms with E-state index in [1.54, 1.807) is 20.4 Å². The molecule has 0 bridgehead atoms. The highest BCUT2D eigenvalue weighted by atomic mass is 16.6. The summed E-state index contributed by atoms with van der Waals surface area (Å²) in [7, 11) is 3.25. The number of carbonyl (C=O) groups is 1. The highest BCUT2D eigenvalue weighted by molar-refractivity contribution is 6.03. The number of methoxy groups -OCH3 is 2. The lowest BCUT2D eigenvalue weighted by Crippen LogP contribution is -2.27. The molecule has 1 heterocycles. The second kappa shape index (κ2) is 10.5. The molecule has 1 aromatic heterocycles. The third-order valence-corrected chi connectivity index (χ3v) is 5.36. The van der Waals surface area contributed by atoms with Crippen molar-refractivity contribution in [2.45, 2.75) is 32.9 Å². The van der Waals surface area contributed by atoms with Gasteiger partial charge in [0.15, 0.2) is 0 Å². The van der Waals surface area contributed by atoms with Gasteiger partial charge in [0, 0.05) is 23.7 Å². The number of hydrogen-bond acceptors (Lipinski definition) is 7. The Morgan fingerprint density at radius 1 is 0.917 bits per heavy atom. The molecule has 8 heteroatoms. The smallest absolute Gasteiger partial charge is 0.412 e. The number of nitrogens with zero attached hydrogens (tertiary/aromatic N) is 2. The number of aromatic nitrogens is 2. The van der Waals surface area contributed by atoms with E-state index in [-0.39, 0.29) is 0 Å². The lowest BCUT2D eigenvalue weighted by molar-refractivity contribution is 0.0636. The third kappa shape index (κ3) is 6.21. The normalized spacial score (nSPS) is 11.1. The molecule has 186 valence electrons. The van der Waals surface area contributed by atoms with Crippen LogP contribution < -0.4 is 20.1 Å². The van der Waals surface area contributed by atoms with Crippen LogP contribution in [0.3, 0.4) is 0 Å². The summed E-state index contributed by atoms with van der Waals surface area (Å²) < 4.78 is 16.1. The molecular weight excluding hydrogens is 456 g/mol. The number of carbonyl (C=O) groups excluding carboxylic acids is 1. The van der Waals surface area contributed by atoms with Crippen molar-refractivity contribution in [2.75, 3.05) is 24.9 Å². The second-order valence-electron chi connectivity index (χ2n) is 9.20. The minimum Gasteiger partial charge on any atom is -0.497 e. The van der Waals surface area contributed by atoms with Crippen LogP contribution in [0.1, 0.15) is 26.3 Å². The molecule has 0 fully saturated rings. The lowest BCUT2D eigenvalue weighted by Gasteiger charge is -2.20. The van der Waals surface area contributed by atoms with Gasteiger partial charge in [-0.3, -0.25) is 5.32 Å². The first kappa shape index (κ1) is 24.8. The van der Waals surface area contributed by atoms with Crippen LogP contribution in [0.4, 0.5) is 16.4 Å². The van der Waals surface area contributed by atoms with Gasteiger partial charge in [0.05, 0.1) is 25.6 Å². The molecule has 0 saturated heterocycles. The standard InChI is InChI=1S/C28H30N4O4/c1-28(2,3)36-27(33)32-25-15-20(14-19-8-11-22(35-5)16-23(19)25)24-12-13-29-26(31-24)30-17-18-6-9-21(34-4)10-7-18/h6-16H,17H2,1-5H3,(H,32,33)(H,29,30,31). The number of fused-ring (bicyclic) bond motifs is 1. The van der Waals surface area contributed by atoms with Crippen molar-refractivity contribution in [3.63, 3.8) is 0 Å². The van der Waals surface area contributed by atoms with Gasteiger partial charge in [-0.1, -0.05) is 18.2 Å². The van der Waals surface area contributed by atoms with Gasteiger partial charge in [-0.25, -0.2) is 14.8 Å². The van der Waals surface area contributed by atoms with Crippen molar-refractivity contribution < 1.29 is 19.0 Å². The molecule has 0 spiro atoms. The zero-order valence-corrected chi connectivity index (χ0v) is 21.1. The number of amides is 1. The van der Waals surface area contributed by atoms with Crippen LogP contribution in [0.5, 0.6) is 11.5 Å². The zero-order valence-electron chi connectivity index (χ0n) is 21.1. The predicted octanol–water partition coefficient (Wildman–Crippen LogP) is 6.27. The van der Waals surface area contributed by atoms with E-state index in [4.69, 9.17) is 19.2 Å². The number of benzene rings is 3. The first-order valence-electron chi connectivity index (χ1n) is 11.6. The number of ether oxygens (including phenoxy) is 3. The summed E-state index contributed by atoms with van der Waals surface area (Å²) >= 11 is 0. The highest BCUT2D eigenvalue weighted by Crippen LogP contribution is 2.33. The van der Waals surface area contributed by atoms with E-state index in [0.29, 0.717) is 29.6 Å². The van der Waals surface area contributed by atoms with Crippen LogP contribution >= 0.6 is 0 Å². The van der Waals surface area contributed by atoms with Gasteiger partial charge in [0.2, 0.25) is 5.95 Å². The maximum atomic E-state index is 12.6. The van der Waals surface area contributed by atoms with Gasteiger partial charge >= 0.3 is 6.09 Å². The Bertz CT molecular complexity index is 1360. The SMILES string of the molecule is COc1ccc(CNc2nccc(-c3cc(NC(=O)OC(C)(C)C)c4cc(OC)ccc4c3)n2)cc1. The average molecular weight is 487 g/mol. The molecule has 0 unspecified atom stereocenters. The Kier molecular flexibility index (Phi) is 7.24. The summed E-state index contributed by atoms with van der Waals surface area (Å²) in [5.74, 6) is 2.00. The largest absolute Gasteiger partial charge is 0.497 e. The second-order valence-corrected chi connectivity index (χ2v) is 9.20. The lowest BCUT2D eigenvalue weighted by atomic mass is 10.0. The van der Waals surface area contributed by atoms with Crippen LogP contribution in [-0.4, -0.2) is 35.9 Å². The van der Waals surface area contributed by atoms with E-state index < -0.39 is 11.7 Å². The van der Waals surface area contributed by atoms with Crippen molar-refractivity contribution in [1.29, 1.82) is 0 Å². The topological polar surface area (TPSA) is 94.6 Å². The highest BCUT2D eigenvalue weighted by Gasteiger charge is 2.18. The van der Waals surface area contributed by atoms with E-state index in [2.05, 4.69) is 15.6 Å².